The molecule has 21 heavy (non-hydrogen) atoms. The number of aldehydes is 1. The Morgan fingerprint density at radius 3 is 2.57 bits per heavy atom. The van der Waals surface area contributed by atoms with Gasteiger partial charge in [-0.25, -0.2) is 4.98 Å². The summed E-state index contributed by atoms with van der Waals surface area (Å²) in [5.41, 5.74) is -0.425. The molecule has 0 spiro atoms. The highest BCUT2D eigenvalue weighted by Crippen LogP contribution is 2.37. The fourth-order valence-corrected chi connectivity index (χ4v) is 1.71. The van der Waals surface area contributed by atoms with E-state index in [1.165, 1.54) is 6.07 Å². The molecule has 0 radical (unpaired) electrons. The molecule has 1 aromatic carbocycles. The van der Waals surface area contributed by atoms with E-state index in [9.17, 15) is 18.0 Å². The summed E-state index contributed by atoms with van der Waals surface area (Å²) in [4.78, 5) is 14.6. The Hall–Kier alpha value is -2.31. The first-order valence-corrected chi connectivity index (χ1v) is 6.03. The first-order valence-electron chi connectivity index (χ1n) is 6.03. The van der Waals surface area contributed by atoms with Gasteiger partial charge in [0.25, 0.3) is 0 Å². The number of ether oxygens (including phenoxy) is 1. The van der Waals surface area contributed by atoms with Crippen molar-refractivity contribution in [2.24, 2.45) is 0 Å². The molecule has 1 heterocycles. The highest BCUT2D eigenvalue weighted by atomic mass is 19.4. The highest BCUT2D eigenvalue weighted by molar-refractivity contribution is 5.75. The topological polar surface area (TPSA) is 52.3 Å². The zero-order valence-electron chi connectivity index (χ0n) is 11.3. The van der Waals surface area contributed by atoms with Gasteiger partial charge >= 0.3 is 6.18 Å². The molecular formula is C14H12F3NO3. The molecule has 0 amide bonds. The molecule has 0 aliphatic rings. The quantitative estimate of drug-likeness (QED) is 0.808. The fourth-order valence-electron chi connectivity index (χ4n) is 1.71. The van der Waals surface area contributed by atoms with Crippen LogP contribution in [-0.4, -0.2) is 11.3 Å². The van der Waals surface area contributed by atoms with E-state index in [2.05, 4.69) is 4.98 Å². The number of carbonyl (C=O) groups excluding carboxylic acids is 1. The Morgan fingerprint density at radius 1 is 1.33 bits per heavy atom. The molecule has 1 aromatic heterocycles. The van der Waals surface area contributed by atoms with Crippen molar-refractivity contribution in [3.8, 4) is 5.75 Å². The third-order valence-corrected chi connectivity index (χ3v) is 2.87. The summed E-state index contributed by atoms with van der Waals surface area (Å²) in [6, 6.07) is 3.10. The molecule has 0 saturated carbocycles. The van der Waals surface area contributed by atoms with Crippen molar-refractivity contribution in [1.82, 2.24) is 4.98 Å². The number of halogens is 3. The third kappa shape index (κ3) is 3.42. The van der Waals surface area contributed by atoms with Gasteiger partial charge < -0.3 is 9.15 Å². The molecule has 4 nitrogen and oxygen atoms in total. The van der Waals surface area contributed by atoms with E-state index in [0.29, 0.717) is 17.7 Å². The average molecular weight is 299 g/mol. The van der Waals surface area contributed by atoms with Crippen LogP contribution in [0.25, 0.3) is 0 Å². The first-order chi connectivity index (χ1) is 9.81. The van der Waals surface area contributed by atoms with Gasteiger partial charge in [0.2, 0.25) is 5.89 Å². The normalized spacial score (nSPS) is 11.5. The van der Waals surface area contributed by atoms with Gasteiger partial charge in [-0.1, -0.05) is 0 Å². The monoisotopic (exact) mass is 299 g/mol. The lowest BCUT2D eigenvalue weighted by molar-refractivity contribution is -0.139. The Balaban J connectivity index is 2.25. The van der Waals surface area contributed by atoms with Crippen molar-refractivity contribution in [3.05, 3.63) is 46.7 Å². The second kappa shape index (κ2) is 5.59. The summed E-state index contributed by atoms with van der Waals surface area (Å²) in [6.45, 7) is 3.20. The average Bonchev–Trinajstić information content (AvgIpc) is 2.74. The molecule has 0 atom stereocenters. The third-order valence-electron chi connectivity index (χ3n) is 2.87. The minimum Gasteiger partial charge on any atom is -0.483 e. The number of oxazole rings is 1. The number of alkyl halides is 3. The maximum atomic E-state index is 12.9. The molecule has 2 rings (SSSR count). The summed E-state index contributed by atoms with van der Waals surface area (Å²) < 4.78 is 49.1. The minimum atomic E-state index is -4.61. The van der Waals surface area contributed by atoms with Crippen LogP contribution in [0.1, 0.15) is 33.3 Å². The van der Waals surface area contributed by atoms with E-state index in [0.717, 1.165) is 12.1 Å². The molecule has 0 bridgehead atoms. The van der Waals surface area contributed by atoms with Crippen LogP contribution in [0.2, 0.25) is 0 Å². The molecule has 0 N–H and O–H groups in total. The van der Waals surface area contributed by atoms with Crippen LogP contribution >= 0.6 is 0 Å². The lowest BCUT2D eigenvalue weighted by Gasteiger charge is -2.13. The molecule has 7 heteroatoms. The number of rotatable bonds is 4. The number of nitrogens with zero attached hydrogens (tertiary/aromatic N) is 1. The molecule has 0 unspecified atom stereocenters. The van der Waals surface area contributed by atoms with E-state index in [1.54, 1.807) is 13.8 Å². The van der Waals surface area contributed by atoms with Gasteiger partial charge in [0.1, 0.15) is 17.8 Å². The zero-order valence-corrected chi connectivity index (χ0v) is 11.3. The van der Waals surface area contributed by atoms with Crippen molar-refractivity contribution in [2.75, 3.05) is 0 Å². The summed E-state index contributed by atoms with van der Waals surface area (Å²) in [6.07, 6.45) is -4.27. The van der Waals surface area contributed by atoms with E-state index in [-0.39, 0.29) is 23.8 Å². The Morgan fingerprint density at radius 2 is 2.05 bits per heavy atom. The highest BCUT2D eigenvalue weighted by Gasteiger charge is 2.34. The second-order valence-electron chi connectivity index (χ2n) is 4.41. The molecule has 2 aromatic rings. The van der Waals surface area contributed by atoms with Crippen LogP contribution < -0.4 is 4.74 Å². The second-order valence-corrected chi connectivity index (χ2v) is 4.41. The lowest BCUT2D eigenvalue weighted by Crippen LogP contribution is -2.09. The van der Waals surface area contributed by atoms with E-state index in [4.69, 9.17) is 9.15 Å². The van der Waals surface area contributed by atoms with Gasteiger partial charge in [-0.2, -0.15) is 13.2 Å². The summed E-state index contributed by atoms with van der Waals surface area (Å²) in [5.74, 6) is 0.403. The maximum Gasteiger partial charge on any atom is 0.419 e. The van der Waals surface area contributed by atoms with Crippen LogP contribution in [-0.2, 0) is 12.8 Å². The van der Waals surface area contributed by atoms with Crippen LogP contribution in [0.15, 0.2) is 22.6 Å². The number of benzene rings is 1. The first kappa shape index (κ1) is 15.1. The fraction of sp³-hybridized carbons (Fsp3) is 0.286. The van der Waals surface area contributed by atoms with Crippen molar-refractivity contribution < 1.29 is 27.1 Å². The summed E-state index contributed by atoms with van der Waals surface area (Å²) in [7, 11) is 0. The van der Waals surface area contributed by atoms with Gasteiger partial charge in [0, 0.05) is 5.56 Å². The van der Waals surface area contributed by atoms with E-state index >= 15 is 0 Å². The molecular weight excluding hydrogens is 287 g/mol. The van der Waals surface area contributed by atoms with Crippen molar-refractivity contribution in [3.63, 3.8) is 0 Å². The SMILES string of the molecule is Cc1nc(COc2ccc(C=O)cc2C(F)(F)F)oc1C. The van der Waals surface area contributed by atoms with Crippen molar-refractivity contribution in [1.29, 1.82) is 0 Å². The predicted molar refractivity (Wildman–Crippen MR) is 67.1 cm³/mol. The smallest absolute Gasteiger partial charge is 0.419 e. The maximum absolute atomic E-state index is 12.9. The molecule has 0 aliphatic carbocycles. The molecule has 0 aliphatic heterocycles. The van der Waals surface area contributed by atoms with Gasteiger partial charge in [0.05, 0.1) is 11.3 Å². The van der Waals surface area contributed by atoms with E-state index in [1.807, 2.05) is 0 Å². The summed E-state index contributed by atoms with van der Waals surface area (Å²) in [5, 5.41) is 0. The number of aryl methyl sites for hydroxylation is 2. The van der Waals surface area contributed by atoms with Crippen molar-refractivity contribution >= 4 is 6.29 Å². The van der Waals surface area contributed by atoms with Crippen LogP contribution in [0, 0.1) is 13.8 Å². The Labute approximate surface area is 118 Å². The molecule has 0 saturated heterocycles. The van der Waals surface area contributed by atoms with Crippen LogP contribution in [0.4, 0.5) is 13.2 Å². The van der Waals surface area contributed by atoms with Gasteiger partial charge in [0.15, 0.2) is 6.61 Å². The predicted octanol–water partition coefficient (Wildman–Crippen LogP) is 3.70. The molecule has 112 valence electrons. The molecule has 0 fully saturated rings. The Bertz CT molecular complexity index is 642. The largest absolute Gasteiger partial charge is 0.483 e. The Kier molecular flexibility index (Phi) is 4.02. The minimum absolute atomic E-state index is 0.0718. The van der Waals surface area contributed by atoms with Crippen LogP contribution in [0.5, 0.6) is 5.75 Å². The number of carbonyl (C=O) groups is 1. The van der Waals surface area contributed by atoms with E-state index < -0.39 is 11.7 Å². The lowest BCUT2D eigenvalue weighted by atomic mass is 10.1. The van der Waals surface area contributed by atoms with Gasteiger partial charge in [-0.05, 0) is 32.0 Å². The number of hydrogen-bond acceptors (Lipinski definition) is 4. The van der Waals surface area contributed by atoms with Gasteiger partial charge in [-0.15, -0.1) is 0 Å². The number of aromatic nitrogens is 1. The number of hydrogen-bond donors (Lipinski definition) is 0. The summed E-state index contributed by atoms with van der Waals surface area (Å²) >= 11 is 0. The zero-order chi connectivity index (χ0) is 15.6. The standard InChI is InChI=1S/C14H12F3NO3/c1-8-9(2)21-13(18-8)7-20-12-4-3-10(6-19)5-11(12)14(15,16)17/h3-6H,7H2,1-2H3. The van der Waals surface area contributed by atoms with Crippen molar-refractivity contribution in [2.45, 2.75) is 26.6 Å². The van der Waals surface area contributed by atoms with Gasteiger partial charge in [-0.3, -0.25) is 4.79 Å². The van der Waals surface area contributed by atoms with Crippen LogP contribution in [0.3, 0.4) is 0 Å².